The van der Waals surface area contributed by atoms with E-state index in [-0.39, 0.29) is 0 Å². The molecular formula is C14H40O4Si5. The molecule has 0 atom stereocenters. The summed E-state index contributed by atoms with van der Waals surface area (Å²) in [5.41, 5.74) is 0. The summed E-state index contributed by atoms with van der Waals surface area (Å²) in [5, 5.41) is 0. The van der Waals surface area contributed by atoms with Crippen LogP contribution in [0.2, 0.25) is 71.5 Å². The molecule has 140 valence electrons. The van der Waals surface area contributed by atoms with Crippen LogP contribution in [0, 0.1) is 0 Å². The Morgan fingerprint density at radius 1 is 0.696 bits per heavy atom. The molecule has 0 N–H and O–H groups in total. The summed E-state index contributed by atoms with van der Waals surface area (Å²) in [6, 6.07) is 1.20. The highest BCUT2D eigenvalue weighted by Gasteiger charge is 2.44. The summed E-state index contributed by atoms with van der Waals surface area (Å²) in [6.45, 7) is 24.1. The van der Waals surface area contributed by atoms with E-state index in [1.54, 1.807) is 0 Å². The lowest BCUT2D eigenvalue weighted by Gasteiger charge is -2.41. The molecule has 23 heavy (non-hydrogen) atoms. The predicted molar refractivity (Wildman–Crippen MR) is 113 cm³/mol. The highest BCUT2D eigenvalue weighted by Crippen LogP contribution is 2.26. The van der Waals surface area contributed by atoms with Gasteiger partial charge in [-0.25, -0.2) is 0 Å². The molecule has 0 radical (unpaired) electrons. The zero-order valence-corrected chi connectivity index (χ0v) is 22.5. The minimum absolute atomic E-state index is 1.10. The van der Waals surface area contributed by atoms with Crippen molar-refractivity contribution < 1.29 is 16.5 Å². The van der Waals surface area contributed by atoms with E-state index in [1.807, 2.05) is 0 Å². The third-order valence-corrected chi connectivity index (χ3v) is 20.9. The first-order valence-corrected chi connectivity index (χ1v) is 23.2. The van der Waals surface area contributed by atoms with Gasteiger partial charge in [-0.05, 0) is 71.5 Å². The third-order valence-electron chi connectivity index (χ3n) is 3.16. The van der Waals surface area contributed by atoms with Crippen LogP contribution >= 0.6 is 0 Å². The lowest BCUT2D eigenvalue weighted by atomic mass is 10.4. The Bertz CT molecular complexity index is 359. The zero-order valence-electron chi connectivity index (χ0n) is 17.3. The van der Waals surface area contributed by atoms with Gasteiger partial charge in [0.15, 0.2) is 17.4 Å². The highest BCUT2D eigenvalue weighted by molar-refractivity contribution is 6.89. The molecule has 0 rings (SSSR count). The van der Waals surface area contributed by atoms with Gasteiger partial charge in [0.25, 0.3) is 0 Å². The molecule has 4 nitrogen and oxygen atoms in total. The first-order valence-electron chi connectivity index (χ1n) is 8.88. The van der Waals surface area contributed by atoms with Gasteiger partial charge in [0.05, 0.1) is 0 Å². The topological polar surface area (TPSA) is 36.9 Å². The largest absolute Gasteiger partial charge is 0.440 e. The lowest BCUT2D eigenvalue weighted by molar-refractivity contribution is 0.301. The third kappa shape index (κ3) is 12.0. The Morgan fingerprint density at radius 2 is 1.13 bits per heavy atom. The van der Waals surface area contributed by atoms with Gasteiger partial charge >= 0.3 is 25.7 Å². The quantitative estimate of drug-likeness (QED) is 0.440. The molecule has 0 unspecified atom stereocenters. The van der Waals surface area contributed by atoms with E-state index < -0.39 is 43.0 Å². The van der Waals surface area contributed by atoms with E-state index in [0.717, 1.165) is 0 Å². The molecule has 0 amide bonds. The van der Waals surface area contributed by atoms with Crippen LogP contribution in [0.15, 0.2) is 0 Å². The molecule has 0 fully saturated rings. The molecule has 0 aliphatic heterocycles. The molecule has 0 aromatic carbocycles. The van der Waals surface area contributed by atoms with Gasteiger partial charge in [0.1, 0.15) is 0 Å². The summed E-state index contributed by atoms with van der Waals surface area (Å²) >= 11 is 0. The van der Waals surface area contributed by atoms with E-state index in [9.17, 15) is 0 Å². The second-order valence-corrected chi connectivity index (χ2v) is 26.4. The summed E-state index contributed by atoms with van der Waals surface area (Å²) in [4.78, 5) is 0. The molecule has 0 saturated carbocycles. The first kappa shape index (κ1) is 23.9. The molecule has 0 heterocycles. The van der Waals surface area contributed by atoms with Crippen LogP contribution in [0.3, 0.4) is 0 Å². The van der Waals surface area contributed by atoms with Crippen molar-refractivity contribution in [1.29, 1.82) is 0 Å². The molecule has 0 aliphatic carbocycles. The van der Waals surface area contributed by atoms with Gasteiger partial charge < -0.3 is 16.5 Å². The number of hydrogen-bond donors (Lipinski definition) is 0. The van der Waals surface area contributed by atoms with Crippen LogP contribution in [0.1, 0.15) is 19.8 Å². The van der Waals surface area contributed by atoms with Gasteiger partial charge in [0.2, 0.25) is 0 Å². The Kier molecular flexibility index (Phi) is 9.40. The van der Waals surface area contributed by atoms with Crippen molar-refractivity contribution in [2.24, 2.45) is 0 Å². The van der Waals surface area contributed by atoms with Crippen molar-refractivity contribution in [3.63, 3.8) is 0 Å². The van der Waals surface area contributed by atoms with Crippen LogP contribution in [0.4, 0.5) is 0 Å². The monoisotopic (exact) mass is 412 g/mol. The molecule has 0 bridgehead atoms. The van der Waals surface area contributed by atoms with E-state index in [0.29, 0.717) is 0 Å². The van der Waals surface area contributed by atoms with Crippen molar-refractivity contribution in [3.8, 4) is 0 Å². The van der Waals surface area contributed by atoms with Gasteiger partial charge in [-0.1, -0.05) is 19.8 Å². The Morgan fingerprint density at radius 3 is 1.57 bits per heavy atom. The van der Waals surface area contributed by atoms with Gasteiger partial charge in [-0.15, -0.1) is 0 Å². The van der Waals surface area contributed by atoms with Crippen LogP contribution < -0.4 is 0 Å². The average molecular weight is 413 g/mol. The average Bonchev–Trinajstić information content (AvgIpc) is 2.18. The van der Waals surface area contributed by atoms with Crippen LogP contribution in [-0.4, -0.2) is 43.0 Å². The molecule has 0 aromatic heterocycles. The minimum atomic E-state index is -2.25. The second-order valence-electron chi connectivity index (χ2n) is 8.54. The first-order chi connectivity index (χ1) is 10.1. The molecule has 0 aliphatic rings. The maximum absolute atomic E-state index is 6.55. The van der Waals surface area contributed by atoms with Crippen LogP contribution in [0.25, 0.3) is 0 Å². The molecular weight excluding hydrogens is 373 g/mol. The smallest absolute Gasteiger partial charge is 0.314 e. The highest BCUT2D eigenvalue weighted by atomic mass is 28.5. The van der Waals surface area contributed by atoms with Gasteiger partial charge in [-0.2, -0.15) is 0 Å². The predicted octanol–water partition coefficient (Wildman–Crippen LogP) is 5.15. The summed E-state index contributed by atoms with van der Waals surface area (Å²) in [7, 11) is -9.30. The van der Waals surface area contributed by atoms with Crippen LogP contribution in [-0.2, 0) is 16.5 Å². The zero-order chi connectivity index (χ0) is 18.5. The van der Waals surface area contributed by atoms with Gasteiger partial charge in [-0.3, -0.25) is 0 Å². The van der Waals surface area contributed by atoms with Crippen molar-refractivity contribution >= 4 is 43.0 Å². The summed E-state index contributed by atoms with van der Waals surface area (Å²) in [5.74, 6) is 0. The fourth-order valence-electron chi connectivity index (χ4n) is 3.14. The fraction of sp³-hybridized carbons (Fsp3) is 1.00. The Hall–Kier alpha value is 0.924. The molecule has 9 heteroatoms. The van der Waals surface area contributed by atoms with Crippen molar-refractivity contribution in [2.45, 2.75) is 91.3 Å². The number of rotatable bonds is 11. The van der Waals surface area contributed by atoms with Crippen LogP contribution in [0.5, 0.6) is 0 Å². The maximum Gasteiger partial charge on any atom is 0.314 e. The van der Waals surface area contributed by atoms with E-state index in [2.05, 4.69) is 72.4 Å². The SMILES string of the molecule is CCCC[Si](C)(C)O[Si](C)(C)O[Si](C)(C)O[Si](C)(C)O[SiH](C)C. The Balaban J connectivity index is 4.79. The molecule has 0 saturated heterocycles. The van der Waals surface area contributed by atoms with Gasteiger partial charge in [0, 0.05) is 0 Å². The fourth-order valence-corrected chi connectivity index (χ4v) is 25.8. The van der Waals surface area contributed by atoms with E-state index in [4.69, 9.17) is 16.5 Å². The normalized spacial score (nSPS) is 14.6. The van der Waals surface area contributed by atoms with Crippen molar-refractivity contribution in [1.82, 2.24) is 0 Å². The minimum Gasteiger partial charge on any atom is -0.440 e. The molecule has 0 spiro atoms. The van der Waals surface area contributed by atoms with E-state index in [1.165, 1.54) is 18.9 Å². The summed E-state index contributed by atoms with van der Waals surface area (Å²) < 4.78 is 25.6. The Labute approximate surface area is 150 Å². The van der Waals surface area contributed by atoms with E-state index >= 15 is 0 Å². The van der Waals surface area contributed by atoms with Crippen molar-refractivity contribution in [3.05, 3.63) is 0 Å². The molecule has 0 aromatic rings. The second kappa shape index (κ2) is 9.03. The summed E-state index contributed by atoms with van der Waals surface area (Å²) in [6.07, 6.45) is 2.47. The lowest BCUT2D eigenvalue weighted by Crippen LogP contribution is -2.57. The number of unbranched alkanes of at least 4 members (excludes halogenated alkanes) is 1. The standard InChI is InChI=1S/C14H40O4Si5/c1-12-13-14-20(4,5)16-22(8,9)18-23(10,11)17-21(6,7)15-19(2)3/h19H,12-14H2,1-11H3. The number of hydrogen-bond acceptors (Lipinski definition) is 4. The van der Waals surface area contributed by atoms with Crippen molar-refractivity contribution in [2.75, 3.05) is 0 Å². The maximum atomic E-state index is 6.55.